The Morgan fingerprint density at radius 2 is 1.50 bits per heavy atom. The van der Waals surface area contributed by atoms with Crippen LogP contribution in [-0.2, 0) is 6.04 Å². The predicted molar refractivity (Wildman–Crippen MR) is 79.4 cm³/mol. The zero-order valence-corrected chi connectivity index (χ0v) is 13.2. The molecule has 2 nitrogen and oxygen atoms in total. The zero-order valence-electron chi connectivity index (χ0n) is 12.2. The highest BCUT2D eigenvalue weighted by Crippen LogP contribution is 2.32. The van der Waals surface area contributed by atoms with Crippen molar-refractivity contribution in [1.29, 1.82) is 0 Å². The van der Waals surface area contributed by atoms with E-state index in [0.717, 1.165) is 6.04 Å². The zero-order chi connectivity index (χ0) is 14.0. The van der Waals surface area contributed by atoms with Crippen molar-refractivity contribution >= 4 is 8.07 Å². The van der Waals surface area contributed by atoms with Crippen LogP contribution in [0.15, 0.2) is 30.3 Å². The van der Waals surface area contributed by atoms with Gasteiger partial charge in [0.25, 0.3) is 0 Å². The summed E-state index contributed by atoms with van der Waals surface area (Å²) in [7, 11) is -1.60. The van der Waals surface area contributed by atoms with E-state index in [1.54, 1.807) is 20.8 Å². The van der Waals surface area contributed by atoms with Gasteiger partial charge in [0, 0.05) is 0 Å². The molecular formula is C15H26O2Si. The molecule has 0 radical (unpaired) electrons. The van der Waals surface area contributed by atoms with Crippen LogP contribution in [0.5, 0.6) is 0 Å². The van der Waals surface area contributed by atoms with Gasteiger partial charge in [-0.3, -0.25) is 0 Å². The van der Waals surface area contributed by atoms with Crippen LogP contribution in [0.4, 0.5) is 0 Å². The molecule has 0 aliphatic carbocycles. The largest absolute Gasteiger partial charge is 0.388 e. The Labute approximate surface area is 112 Å². The van der Waals surface area contributed by atoms with Crippen molar-refractivity contribution in [3.63, 3.8) is 0 Å². The second-order valence-corrected chi connectivity index (χ2v) is 11.9. The molecule has 1 atom stereocenters. The van der Waals surface area contributed by atoms with Gasteiger partial charge < -0.3 is 10.2 Å². The second-order valence-electron chi connectivity index (χ2n) is 6.84. The van der Waals surface area contributed by atoms with E-state index < -0.39 is 19.3 Å². The van der Waals surface area contributed by atoms with Gasteiger partial charge in [0.2, 0.25) is 0 Å². The average molecular weight is 266 g/mol. The van der Waals surface area contributed by atoms with E-state index in [1.165, 1.54) is 5.56 Å². The monoisotopic (exact) mass is 266 g/mol. The highest BCUT2D eigenvalue weighted by molar-refractivity contribution is 6.77. The Morgan fingerprint density at radius 3 is 1.94 bits per heavy atom. The first kappa shape index (κ1) is 15.4. The van der Waals surface area contributed by atoms with Gasteiger partial charge in [-0.25, -0.2) is 0 Å². The Morgan fingerprint density at radius 1 is 1.00 bits per heavy atom. The molecule has 3 heteroatoms. The van der Waals surface area contributed by atoms with Crippen LogP contribution in [0.2, 0.25) is 19.1 Å². The van der Waals surface area contributed by atoms with Crippen LogP contribution >= 0.6 is 0 Å². The molecule has 0 heterocycles. The third kappa shape index (κ3) is 4.23. The van der Waals surface area contributed by atoms with Crippen LogP contribution < -0.4 is 0 Å². The van der Waals surface area contributed by atoms with Crippen molar-refractivity contribution in [2.75, 3.05) is 0 Å². The molecule has 0 fully saturated rings. The van der Waals surface area contributed by atoms with Crippen molar-refractivity contribution in [3.05, 3.63) is 35.9 Å². The maximum Gasteiger partial charge on any atom is 0.0876 e. The Kier molecular flexibility index (Phi) is 4.41. The van der Waals surface area contributed by atoms with Crippen LogP contribution in [0.25, 0.3) is 0 Å². The molecule has 0 saturated heterocycles. The van der Waals surface area contributed by atoms with E-state index in [0.29, 0.717) is 6.04 Å². The minimum atomic E-state index is -1.60. The summed E-state index contributed by atoms with van der Waals surface area (Å²) in [6.45, 7) is 9.63. The predicted octanol–water partition coefficient (Wildman–Crippen LogP) is 3.00. The standard InChI is InChI=1S/C15H26O2Si/c1-14(2,16)15(3,17)12-18(4,5)11-13-9-7-6-8-10-13/h6-10,16-17H,11-12H2,1-5H3. The normalized spacial score (nSPS) is 16.4. The first-order valence-corrected chi connectivity index (χ1v) is 9.94. The minimum absolute atomic E-state index is 0.693. The lowest BCUT2D eigenvalue weighted by Gasteiger charge is -2.40. The summed E-state index contributed by atoms with van der Waals surface area (Å²) in [5.74, 6) is 0. The highest BCUT2D eigenvalue weighted by atomic mass is 28.3. The van der Waals surface area contributed by atoms with Gasteiger partial charge in [-0.2, -0.15) is 0 Å². The summed E-state index contributed by atoms with van der Waals surface area (Å²) >= 11 is 0. The van der Waals surface area contributed by atoms with Crippen molar-refractivity contribution in [3.8, 4) is 0 Å². The summed E-state index contributed by atoms with van der Waals surface area (Å²) in [4.78, 5) is 0. The first-order valence-electron chi connectivity index (χ1n) is 6.52. The van der Waals surface area contributed by atoms with Crippen molar-refractivity contribution in [1.82, 2.24) is 0 Å². The van der Waals surface area contributed by atoms with Crippen LogP contribution in [-0.4, -0.2) is 29.5 Å². The molecule has 1 unspecified atom stereocenters. The third-order valence-electron chi connectivity index (χ3n) is 3.67. The fourth-order valence-corrected chi connectivity index (χ4v) is 6.12. The van der Waals surface area contributed by atoms with E-state index in [1.807, 2.05) is 18.2 Å². The maximum atomic E-state index is 10.4. The van der Waals surface area contributed by atoms with E-state index in [2.05, 4.69) is 25.2 Å². The lowest BCUT2D eigenvalue weighted by atomic mass is 9.90. The fraction of sp³-hybridized carbons (Fsp3) is 0.600. The number of hydrogen-bond donors (Lipinski definition) is 2. The highest BCUT2D eigenvalue weighted by Gasteiger charge is 2.42. The molecule has 1 aromatic rings. The minimum Gasteiger partial charge on any atom is -0.388 e. The molecule has 0 aliphatic rings. The van der Waals surface area contributed by atoms with Crippen LogP contribution in [0.1, 0.15) is 26.3 Å². The number of rotatable bonds is 5. The van der Waals surface area contributed by atoms with Crippen molar-refractivity contribution in [2.24, 2.45) is 0 Å². The number of aliphatic hydroxyl groups is 2. The molecule has 102 valence electrons. The van der Waals surface area contributed by atoms with Crippen molar-refractivity contribution in [2.45, 2.75) is 57.2 Å². The maximum absolute atomic E-state index is 10.4. The third-order valence-corrected chi connectivity index (χ3v) is 6.68. The summed E-state index contributed by atoms with van der Waals surface area (Å²) in [5, 5.41) is 20.5. The molecule has 18 heavy (non-hydrogen) atoms. The quantitative estimate of drug-likeness (QED) is 0.804. The van der Waals surface area contributed by atoms with Crippen LogP contribution in [0.3, 0.4) is 0 Å². The smallest absolute Gasteiger partial charge is 0.0876 e. The summed E-state index contributed by atoms with van der Waals surface area (Å²) in [5.41, 5.74) is -0.772. The Bertz CT molecular complexity index is 377. The van der Waals surface area contributed by atoms with Crippen LogP contribution in [0, 0.1) is 0 Å². The molecule has 1 rings (SSSR count). The van der Waals surface area contributed by atoms with Gasteiger partial charge in [-0.1, -0.05) is 49.0 Å². The molecule has 1 aromatic carbocycles. The molecule has 0 bridgehead atoms. The first-order chi connectivity index (χ1) is 8.04. The molecule has 2 N–H and O–H groups in total. The van der Waals surface area contributed by atoms with E-state index in [4.69, 9.17) is 0 Å². The Hall–Kier alpha value is -0.643. The molecule has 0 aliphatic heterocycles. The van der Waals surface area contributed by atoms with Gasteiger partial charge in [0.15, 0.2) is 0 Å². The fourth-order valence-electron chi connectivity index (χ4n) is 2.36. The Balaban J connectivity index is 2.77. The van der Waals surface area contributed by atoms with E-state index >= 15 is 0 Å². The average Bonchev–Trinajstić information content (AvgIpc) is 2.14. The van der Waals surface area contributed by atoms with Gasteiger partial charge in [-0.15, -0.1) is 0 Å². The van der Waals surface area contributed by atoms with E-state index in [9.17, 15) is 10.2 Å². The molecule has 0 spiro atoms. The molecule has 0 aromatic heterocycles. The lowest BCUT2D eigenvalue weighted by Crippen LogP contribution is -2.52. The lowest BCUT2D eigenvalue weighted by molar-refractivity contribution is -0.108. The second kappa shape index (κ2) is 5.15. The summed E-state index contributed by atoms with van der Waals surface area (Å²) in [6.07, 6.45) is 0. The van der Waals surface area contributed by atoms with Gasteiger partial charge >= 0.3 is 0 Å². The molecule has 0 amide bonds. The van der Waals surface area contributed by atoms with Gasteiger partial charge in [-0.05, 0) is 32.9 Å². The topological polar surface area (TPSA) is 40.5 Å². The van der Waals surface area contributed by atoms with Gasteiger partial charge in [0.1, 0.15) is 0 Å². The summed E-state index contributed by atoms with van der Waals surface area (Å²) < 4.78 is 0. The van der Waals surface area contributed by atoms with Gasteiger partial charge in [0.05, 0.1) is 19.3 Å². The molecular weight excluding hydrogens is 240 g/mol. The molecule has 0 saturated carbocycles. The van der Waals surface area contributed by atoms with Crippen molar-refractivity contribution < 1.29 is 10.2 Å². The van der Waals surface area contributed by atoms with E-state index in [-0.39, 0.29) is 0 Å². The number of hydrogen-bond acceptors (Lipinski definition) is 2. The number of benzene rings is 1. The summed E-state index contributed by atoms with van der Waals surface area (Å²) in [6, 6.07) is 12.1. The SMILES string of the molecule is CC(C)(O)C(C)(O)C[Si](C)(C)Cc1ccccc1.